The van der Waals surface area contributed by atoms with Crippen molar-refractivity contribution in [2.24, 2.45) is 10.7 Å². The van der Waals surface area contributed by atoms with Gasteiger partial charge in [-0.25, -0.2) is 28.6 Å². The number of nitrogens with zero attached hydrogens (tertiary/aromatic N) is 5. The minimum absolute atomic E-state index is 0.0774. The van der Waals surface area contributed by atoms with Crippen LogP contribution in [0.5, 0.6) is 5.88 Å². The van der Waals surface area contributed by atoms with Crippen molar-refractivity contribution in [2.75, 3.05) is 25.2 Å². The molecular formula is C19H22FN7O3S. The van der Waals surface area contributed by atoms with Crippen molar-refractivity contribution >= 4 is 39.3 Å². The number of aliphatic imine (C=N–C) groups is 1. The molecule has 10 nitrogen and oxygen atoms in total. The number of hydrogen-bond acceptors (Lipinski definition) is 10. The zero-order valence-corrected chi connectivity index (χ0v) is 17.9. The molecule has 0 saturated heterocycles. The minimum Gasteiger partial charge on any atom is -0.480 e. The van der Waals surface area contributed by atoms with Gasteiger partial charge in [-0.05, 0) is 31.2 Å². The fourth-order valence-corrected chi connectivity index (χ4v) is 4.90. The molecule has 12 heteroatoms. The van der Waals surface area contributed by atoms with Crippen molar-refractivity contribution in [1.82, 2.24) is 19.3 Å². The summed E-state index contributed by atoms with van der Waals surface area (Å²) in [6, 6.07) is 6.07. The number of nitrogens with one attached hydrogen (secondary N) is 1. The van der Waals surface area contributed by atoms with Gasteiger partial charge in [-0.1, -0.05) is 0 Å². The Labute approximate surface area is 179 Å². The van der Waals surface area contributed by atoms with Crippen LogP contribution in [0.1, 0.15) is 12.5 Å². The first-order valence-electron chi connectivity index (χ1n) is 9.21. The van der Waals surface area contributed by atoms with E-state index in [9.17, 15) is 13.5 Å². The number of aromatic nitrogens is 3. The molecule has 0 unspecified atom stereocenters. The van der Waals surface area contributed by atoms with Gasteiger partial charge in [-0.2, -0.15) is 0 Å². The molecule has 5 N–H and O–H groups in total. The Balaban J connectivity index is 1.74. The van der Waals surface area contributed by atoms with Gasteiger partial charge in [0.25, 0.3) is 0 Å². The molecule has 0 amide bonds. The van der Waals surface area contributed by atoms with E-state index in [0.29, 0.717) is 28.4 Å². The first-order chi connectivity index (χ1) is 14.6. The predicted molar refractivity (Wildman–Crippen MR) is 118 cm³/mol. The lowest BCUT2D eigenvalue weighted by Crippen LogP contribution is -2.47. The topological polar surface area (TPSA) is 142 Å². The number of hydrogen-bond donors (Lipinski definition) is 4. The Morgan fingerprint density at radius 1 is 1.29 bits per heavy atom. The van der Waals surface area contributed by atoms with E-state index in [0.717, 1.165) is 4.31 Å². The normalized spacial score (nSPS) is 21.5. The van der Waals surface area contributed by atoms with Crippen LogP contribution >= 0.6 is 10.8 Å². The highest BCUT2D eigenvalue weighted by Gasteiger charge is 2.41. The second-order valence-electron chi connectivity index (χ2n) is 7.28. The molecule has 1 aliphatic rings. The van der Waals surface area contributed by atoms with Gasteiger partial charge in [-0.3, -0.25) is 9.11 Å². The largest absolute Gasteiger partial charge is 0.480 e. The Morgan fingerprint density at radius 2 is 2.06 bits per heavy atom. The third-order valence-electron chi connectivity index (χ3n) is 5.05. The molecular weight excluding hydrogens is 425 g/mol. The zero-order chi connectivity index (χ0) is 22.4. The van der Waals surface area contributed by atoms with Gasteiger partial charge in [0, 0.05) is 24.5 Å². The number of pyridine rings is 1. The first kappa shape index (κ1) is 21.0. The molecule has 4 rings (SSSR count). The number of rotatable bonds is 4. The smallest absolute Gasteiger partial charge is 0.232 e. The van der Waals surface area contributed by atoms with E-state index in [2.05, 4.69) is 25.3 Å². The van der Waals surface area contributed by atoms with E-state index in [-0.39, 0.29) is 17.3 Å². The molecule has 1 aromatic carbocycles. The number of methoxy groups -OCH3 is 1. The number of nitrogens with two attached hydrogens (primary N) is 1. The summed E-state index contributed by atoms with van der Waals surface area (Å²) in [4.78, 5) is 17.3. The Hall–Kier alpha value is -3.22. The fourth-order valence-electron chi connectivity index (χ4n) is 3.39. The highest BCUT2D eigenvalue weighted by Crippen LogP contribution is 2.51. The lowest BCUT2D eigenvalue weighted by Gasteiger charge is -2.49. The maximum Gasteiger partial charge on any atom is 0.232 e. The van der Waals surface area contributed by atoms with Gasteiger partial charge in [-0.15, -0.1) is 10.8 Å². The standard InChI is InChI=1S/C19H22FN7O3S/c1-19(10-31(28,29)27(2)18(21)26-19)12-8-11(4-5-13(12)20)24-17-16-14(6-7-22-17)25-15(30-3)9-23-16/h4-9,28-29H,10H2,1-3H3,(H2,21,26)(H,22,24)/t19-/m0/s1. The fraction of sp³-hybridized carbons (Fsp3) is 0.263. The highest BCUT2D eigenvalue weighted by molar-refractivity contribution is 8.22. The summed E-state index contributed by atoms with van der Waals surface area (Å²) in [6.45, 7) is 1.61. The van der Waals surface area contributed by atoms with E-state index in [1.54, 1.807) is 31.3 Å². The van der Waals surface area contributed by atoms with Crippen molar-refractivity contribution in [2.45, 2.75) is 12.5 Å². The van der Waals surface area contributed by atoms with E-state index >= 15 is 0 Å². The first-order valence-corrected chi connectivity index (χ1v) is 10.9. The van der Waals surface area contributed by atoms with Crippen molar-refractivity contribution < 1.29 is 18.2 Å². The van der Waals surface area contributed by atoms with Crippen molar-refractivity contribution in [3.8, 4) is 5.88 Å². The van der Waals surface area contributed by atoms with Crippen LogP contribution in [0.2, 0.25) is 0 Å². The number of ether oxygens (including phenoxy) is 1. The summed E-state index contributed by atoms with van der Waals surface area (Å²) in [5, 5.41) is 3.12. The molecule has 0 fully saturated rings. The molecule has 164 valence electrons. The average molecular weight is 447 g/mol. The van der Waals surface area contributed by atoms with Gasteiger partial charge in [0.2, 0.25) is 11.8 Å². The van der Waals surface area contributed by atoms with Gasteiger partial charge in [0.1, 0.15) is 16.9 Å². The van der Waals surface area contributed by atoms with Crippen LogP contribution in [0.25, 0.3) is 11.0 Å². The number of anilines is 2. The number of halogens is 1. The summed E-state index contributed by atoms with van der Waals surface area (Å²) >= 11 is 0. The van der Waals surface area contributed by atoms with Crippen LogP contribution in [-0.2, 0) is 5.54 Å². The Kier molecular flexibility index (Phi) is 5.07. The highest BCUT2D eigenvalue weighted by atomic mass is 32.3. The van der Waals surface area contributed by atoms with Gasteiger partial charge in [0.15, 0.2) is 5.82 Å². The molecule has 0 spiro atoms. The summed E-state index contributed by atoms with van der Waals surface area (Å²) in [6.07, 6.45) is 3.05. The second-order valence-corrected chi connectivity index (χ2v) is 9.38. The van der Waals surface area contributed by atoms with Crippen LogP contribution in [0.3, 0.4) is 0 Å². The molecule has 1 atom stereocenters. The molecule has 0 radical (unpaired) electrons. The van der Waals surface area contributed by atoms with Gasteiger partial charge >= 0.3 is 0 Å². The quantitative estimate of drug-likeness (QED) is 0.474. The van der Waals surface area contributed by atoms with E-state index in [4.69, 9.17) is 10.5 Å². The molecule has 0 saturated carbocycles. The number of guanidine groups is 1. The number of benzene rings is 1. The summed E-state index contributed by atoms with van der Waals surface area (Å²) in [5.74, 6) is -0.0226. The van der Waals surface area contributed by atoms with Crippen LogP contribution in [-0.4, -0.2) is 54.2 Å². The Morgan fingerprint density at radius 3 is 2.77 bits per heavy atom. The van der Waals surface area contributed by atoms with Crippen LogP contribution in [0.4, 0.5) is 15.9 Å². The molecule has 3 aromatic rings. The zero-order valence-electron chi connectivity index (χ0n) is 17.1. The second kappa shape index (κ2) is 7.48. The predicted octanol–water partition coefficient (Wildman–Crippen LogP) is 3.06. The molecule has 3 heterocycles. The molecule has 1 aliphatic heterocycles. The maximum atomic E-state index is 14.8. The average Bonchev–Trinajstić information content (AvgIpc) is 2.72. The van der Waals surface area contributed by atoms with Crippen LogP contribution in [0, 0.1) is 5.82 Å². The Bertz CT molecular complexity index is 1190. The third kappa shape index (κ3) is 3.80. The summed E-state index contributed by atoms with van der Waals surface area (Å²) in [7, 11) is -0.303. The maximum absolute atomic E-state index is 14.8. The van der Waals surface area contributed by atoms with Crippen LogP contribution in [0.15, 0.2) is 41.7 Å². The minimum atomic E-state index is -3.24. The van der Waals surface area contributed by atoms with E-state index in [1.165, 1.54) is 26.4 Å². The van der Waals surface area contributed by atoms with Crippen molar-refractivity contribution in [3.05, 3.63) is 48.0 Å². The lowest BCUT2D eigenvalue weighted by atomic mass is 9.93. The molecule has 2 aromatic heterocycles. The van der Waals surface area contributed by atoms with Crippen LogP contribution < -0.4 is 15.8 Å². The molecule has 0 aliphatic carbocycles. The van der Waals surface area contributed by atoms with Crippen molar-refractivity contribution in [3.63, 3.8) is 0 Å². The third-order valence-corrected chi connectivity index (χ3v) is 7.07. The lowest BCUT2D eigenvalue weighted by molar-refractivity contribution is 0.391. The van der Waals surface area contributed by atoms with E-state index in [1.807, 2.05) is 0 Å². The monoisotopic (exact) mass is 447 g/mol. The summed E-state index contributed by atoms with van der Waals surface area (Å²) < 4.78 is 41.8. The number of fused-ring (bicyclic) bond motifs is 1. The summed E-state index contributed by atoms with van der Waals surface area (Å²) in [5.41, 5.74) is 6.37. The van der Waals surface area contributed by atoms with Crippen molar-refractivity contribution in [1.29, 1.82) is 0 Å². The van der Waals surface area contributed by atoms with Gasteiger partial charge < -0.3 is 15.8 Å². The molecule has 31 heavy (non-hydrogen) atoms. The van der Waals surface area contributed by atoms with Gasteiger partial charge in [0.05, 0.1) is 24.6 Å². The SMILES string of the molecule is COc1cnc2c(Nc3ccc(F)c([C@]4(C)CS(O)(O)N(C)C(N)=N4)c3)nccc2n1. The molecule has 0 bridgehead atoms. The van der Waals surface area contributed by atoms with E-state index < -0.39 is 22.1 Å².